The molecule has 0 fully saturated rings. The van der Waals surface area contributed by atoms with E-state index in [1.54, 1.807) is 0 Å². The highest BCUT2D eigenvalue weighted by molar-refractivity contribution is 6.35. The smallest absolute Gasteiger partial charge is 0.365 e. The number of carbonyl (C=O) groups excluding carboxylic acids is 2. The number of halogens is 8. The number of primary amides is 1. The second kappa shape index (κ2) is 8.47. The average Bonchev–Trinajstić information content (AvgIpc) is 2.58. The van der Waals surface area contributed by atoms with Crippen LogP contribution in [0, 0.1) is 11.6 Å². The number of alkyl halides is 4. The Kier molecular flexibility index (Phi) is 6.66. The average molecular weight is 461 g/mol. The largest absolute Gasteiger partial charge is 0.437 e. The summed E-state index contributed by atoms with van der Waals surface area (Å²) in [6.45, 7) is 0. The maximum absolute atomic E-state index is 14.4. The van der Waals surface area contributed by atoms with Crippen molar-refractivity contribution in [3.05, 3.63) is 63.1 Å². The molecule has 29 heavy (non-hydrogen) atoms. The van der Waals surface area contributed by atoms with Crippen molar-refractivity contribution in [3.63, 3.8) is 0 Å². The molecule has 2 amide bonds. The van der Waals surface area contributed by atoms with Crippen LogP contribution in [0.2, 0.25) is 10.0 Å². The maximum Gasteiger partial charge on any atom is 0.437 e. The van der Waals surface area contributed by atoms with Gasteiger partial charge in [-0.15, -0.1) is 0 Å². The number of hydrogen-bond donors (Lipinski definition) is 1. The molecule has 0 bridgehead atoms. The third-order valence-electron chi connectivity index (χ3n) is 3.30. The fourth-order valence-electron chi connectivity index (χ4n) is 2.08. The van der Waals surface area contributed by atoms with E-state index in [2.05, 4.69) is 4.84 Å². The zero-order valence-electron chi connectivity index (χ0n) is 13.7. The quantitative estimate of drug-likeness (QED) is 0.496. The summed E-state index contributed by atoms with van der Waals surface area (Å²) in [5.41, 5.74) is 1.61. The number of hydrogen-bond acceptors (Lipinski definition) is 3. The first kappa shape index (κ1) is 22.8. The molecule has 0 atom stereocenters. The molecule has 2 N–H and O–H groups in total. The molecular weight excluding hydrogens is 453 g/mol. The molecule has 2 aromatic rings. The Morgan fingerprint density at radius 1 is 1.07 bits per heavy atom. The molecule has 0 saturated carbocycles. The molecule has 156 valence electrons. The molecule has 0 aromatic heterocycles. The number of nitrogens with two attached hydrogens (primary N) is 1. The van der Waals surface area contributed by atoms with Crippen LogP contribution in [0.1, 0.15) is 20.7 Å². The van der Waals surface area contributed by atoms with E-state index in [1.807, 2.05) is 0 Å². The van der Waals surface area contributed by atoms with Gasteiger partial charge in [-0.3, -0.25) is 9.59 Å². The highest BCUT2D eigenvalue weighted by Gasteiger charge is 2.47. The van der Waals surface area contributed by atoms with Gasteiger partial charge in [0, 0.05) is 10.0 Å². The van der Waals surface area contributed by atoms with Gasteiger partial charge in [-0.05, 0) is 30.3 Å². The summed E-state index contributed by atoms with van der Waals surface area (Å²) < 4.78 is 80.1. The SMILES string of the molecule is NC(=O)c1c(F)ccc(C(=O)N(OC(F)(F)C(F)F)c2cc(Cl)cc(Cl)c2)c1F. The Morgan fingerprint density at radius 3 is 2.10 bits per heavy atom. The zero-order chi connectivity index (χ0) is 22.1. The Hall–Kier alpha value is -2.50. The Labute approximate surface area is 168 Å². The molecule has 0 saturated heterocycles. The van der Waals surface area contributed by atoms with Crippen molar-refractivity contribution in [1.29, 1.82) is 0 Å². The molecule has 13 heteroatoms. The molecule has 0 unspecified atom stereocenters. The van der Waals surface area contributed by atoms with Crippen molar-refractivity contribution < 1.29 is 40.8 Å². The number of rotatable bonds is 6. The topological polar surface area (TPSA) is 72.6 Å². The molecule has 0 radical (unpaired) electrons. The van der Waals surface area contributed by atoms with E-state index >= 15 is 0 Å². The van der Waals surface area contributed by atoms with Gasteiger partial charge < -0.3 is 5.73 Å². The van der Waals surface area contributed by atoms with E-state index in [-0.39, 0.29) is 10.0 Å². The third kappa shape index (κ3) is 4.92. The predicted octanol–water partition coefficient (Wildman–Crippen LogP) is 4.81. The van der Waals surface area contributed by atoms with Crippen molar-refractivity contribution in [2.45, 2.75) is 12.5 Å². The molecule has 0 aliphatic heterocycles. The van der Waals surface area contributed by atoms with Crippen LogP contribution in [0.15, 0.2) is 30.3 Å². The Bertz CT molecular complexity index is 954. The summed E-state index contributed by atoms with van der Waals surface area (Å²) in [6, 6.07) is 3.68. The van der Waals surface area contributed by atoms with E-state index in [1.165, 1.54) is 0 Å². The van der Waals surface area contributed by atoms with Gasteiger partial charge in [0.1, 0.15) is 11.4 Å². The summed E-state index contributed by atoms with van der Waals surface area (Å²) >= 11 is 11.4. The van der Waals surface area contributed by atoms with E-state index in [0.29, 0.717) is 12.1 Å². The monoisotopic (exact) mass is 460 g/mol. The van der Waals surface area contributed by atoms with Gasteiger partial charge in [-0.1, -0.05) is 23.2 Å². The van der Waals surface area contributed by atoms with E-state index in [0.717, 1.165) is 18.2 Å². The van der Waals surface area contributed by atoms with Crippen molar-refractivity contribution in [2.24, 2.45) is 5.73 Å². The lowest BCUT2D eigenvalue weighted by molar-refractivity contribution is -0.301. The van der Waals surface area contributed by atoms with Gasteiger partial charge in [0.15, 0.2) is 5.82 Å². The van der Waals surface area contributed by atoms with Crippen LogP contribution < -0.4 is 10.8 Å². The van der Waals surface area contributed by atoms with Crippen molar-refractivity contribution in [2.75, 3.05) is 5.06 Å². The normalized spacial score (nSPS) is 11.6. The fourth-order valence-corrected chi connectivity index (χ4v) is 2.60. The highest BCUT2D eigenvalue weighted by Crippen LogP contribution is 2.33. The number of hydroxylamine groups is 1. The molecule has 0 heterocycles. The molecule has 5 nitrogen and oxygen atoms in total. The molecule has 2 rings (SSSR count). The van der Waals surface area contributed by atoms with E-state index in [4.69, 9.17) is 28.9 Å². The van der Waals surface area contributed by atoms with Crippen molar-refractivity contribution in [1.82, 2.24) is 0 Å². The van der Waals surface area contributed by atoms with Gasteiger partial charge in [-0.2, -0.15) is 18.7 Å². The minimum atomic E-state index is -5.20. The number of carbonyl (C=O) groups is 2. The van der Waals surface area contributed by atoms with Crippen LogP contribution in [0.3, 0.4) is 0 Å². The lowest BCUT2D eigenvalue weighted by Gasteiger charge is -2.26. The van der Waals surface area contributed by atoms with Crippen LogP contribution >= 0.6 is 23.2 Å². The molecule has 2 aromatic carbocycles. The lowest BCUT2D eigenvalue weighted by atomic mass is 10.1. The number of anilines is 1. The van der Waals surface area contributed by atoms with Crippen molar-refractivity contribution >= 4 is 40.7 Å². The van der Waals surface area contributed by atoms with Gasteiger partial charge >= 0.3 is 12.5 Å². The van der Waals surface area contributed by atoms with Crippen LogP contribution in [0.4, 0.5) is 32.0 Å². The van der Waals surface area contributed by atoms with Crippen molar-refractivity contribution in [3.8, 4) is 0 Å². The predicted molar refractivity (Wildman–Crippen MR) is 90.2 cm³/mol. The van der Waals surface area contributed by atoms with Gasteiger partial charge in [0.05, 0.1) is 11.3 Å². The van der Waals surface area contributed by atoms with Gasteiger partial charge in [-0.25, -0.2) is 17.6 Å². The zero-order valence-corrected chi connectivity index (χ0v) is 15.2. The molecular formula is C16H8Cl2F6N2O3. The standard InChI is InChI=1S/C16H8Cl2F6N2O3/c17-6-3-7(18)5-8(4-6)26(29-16(23,24)15(21)22)14(28)9-1-2-10(19)11(12(9)20)13(25)27/h1-5,15H,(H2,25,27). The third-order valence-corrected chi connectivity index (χ3v) is 3.74. The summed E-state index contributed by atoms with van der Waals surface area (Å²) in [5, 5.41) is -0.844. The molecule has 0 spiro atoms. The van der Waals surface area contributed by atoms with E-state index < -0.39 is 57.9 Å². The second-order valence-corrected chi connectivity index (χ2v) is 6.20. The van der Waals surface area contributed by atoms with Crippen LogP contribution in [0.25, 0.3) is 0 Å². The number of nitrogens with zero attached hydrogens (tertiary/aromatic N) is 1. The fraction of sp³-hybridized carbons (Fsp3) is 0.125. The number of amides is 2. The Morgan fingerprint density at radius 2 is 1.62 bits per heavy atom. The summed E-state index contributed by atoms with van der Waals surface area (Å²) in [6.07, 6.45) is -9.58. The first-order valence-corrected chi connectivity index (χ1v) is 8.04. The van der Waals surface area contributed by atoms with Crippen LogP contribution in [0.5, 0.6) is 0 Å². The van der Waals surface area contributed by atoms with Crippen LogP contribution in [-0.4, -0.2) is 24.3 Å². The minimum Gasteiger partial charge on any atom is -0.365 e. The highest BCUT2D eigenvalue weighted by atomic mass is 35.5. The lowest BCUT2D eigenvalue weighted by Crippen LogP contribution is -2.43. The number of benzene rings is 2. The molecule has 0 aliphatic rings. The van der Waals surface area contributed by atoms with Crippen LogP contribution in [-0.2, 0) is 4.84 Å². The minimum absolute atomic E-state index is 0.216. The summed E-state index contributed by atoms with van der Waals surface area (Å²) in [5.74, 6) is -6.66. The Balaban J connectivity index is 2.64. The first-order chi connectivity index (χ1) is 13.3. The summed E-state index contributed by atoms with van der Waals surface area (Å²) in [7, 11) is 0. The first-order valence-electron chi connectivity index (χ1n) is 7.28. The van der Waals surface area contributed by atoms with Gasteiger partial charge in [0.25, 0.3) is 11.8 Å². The summed E-state index contributed by atoms with van der Waals surface area (Å²) in [4.78, 5) is 27.6. The second-order valence-electron chi connectivity index (χ2n) is 5.33. The maximum atomic E-state index is 14.4. The molecule has 0 aliphatic carbocycles. The van der Waals surface area contributed by atoms with Gasteiger partial charge in [0.2, 0.25) is 0 Å². The van der Waals surface area contributed by atoms with E-state index in [9.17, 15) is 35.9 Å².